The first kappa shape index (κ1) is 36.3. The molecule has 0 radical (unpaired) electrons. The molecule has 7 aromatic carbocycles. The minimum atomic E-state index is -1.19. The molecule has 0 spiro atoms. The van der Waals surface area contributed by atoms with E-state index in [1.165, 1.54) is 25.1 Å². The summed E-state index contributed by atoms with van der Waals surface area (Å²) in [6.45, 7) is 1.28. The van der Waals surface area contributed by atoms with Gasteiger partial charge >= 0.3 is 0 Å². The lowest BCUT2D eigenvalue weighted by Gasteiger charge is -2.13. The first-order valence-corrected chi connectivity index (χ1v) is 18.0. The molecule has 0 saturated carbocycles. The van der Waals surface area contributed by atoms with Gasteiger partial charge in [0.1, 0.15) is 27.8 Å². The maximum absolute atomic E-state index is 11.4. The molecule has 3 aromatic heterocycles. The van der Waals surface area contributed by atoms with Crippen molar-refractivity contribution in [1.82, 2.24) is 13.7 Å². The highest BCUT2D eigenvalue weighted by molar-refractivity contribution is 6.22. The normalized spacial score (nSPS) is 12.0. The fraction of sp³-hybridized carbons (Fsp3) is 0.0233. The fourth-order valence-corrected chi connectivity index (χ4v) is 8.57. The Kier molecular flexibility index (Phi) is 7.00. The highest BCUT2D eigenvalue weighted by Gasteiger charge is 2.34. The second-order valence-electron chi connectivity index (χ2n) is 14.5. The highest BCUT2D eigenvalue weighted by atomic mass is 16.4. The molecule has 306 valence electrons. The summed E-state index contributed by atoms with van der Waals surface area (Å²) in [7, 11) is 0. The average Bonchev–Trinajstić information content (AvgIpc) is 3.93. The number of nitrogens with zero attached hydrogens (tertiary/aromatic N) is 3. The molecule has 0 fully saturated rings. The van der Waals surface area contributed by atoms with Gasteiger partial charge in [-0.3, -0.25) is 0 Å². The van der Waals surface area contributed by atoms with E-state index in [4.69, 9.17) is 0 Å². The molecule has 3 heterocycles. The van der Waals surface area contributed by atoms with Crippen LogP contribution in [0, 0.1) is 6.92 Å². The highest BCUT2D eigenvalue weighted by Crippen LogP contribution is 2.60. The third-order valence-electron chi connectivity index (χ3n) is 11.4. The van der Waals surface area contributed by atoms with Gasteiger partial charge in [-0.25, -0.2) is 0 Å². The number of aromatic hydroxyl groups is 15. The quantitative estimate of drug-likeness (QED) is 0.0638. The zero-order chi connectivity index (χ0) is 43.4. The number of hydrogen-bond donors (Lipinski definition) is 15. The Bertz CT molecular complexity index is 3290. The Hall–Kier alpha value is -9.06. The van der Waals surface area contributed by atoms with E-state index in [0.29, 0.717) is 27.5 Å². The number of phenolic OH excluding ortho intramolecular Hbond substituents is 15. The van der Waals surface area contributed by atoms with Crippen molar-refractivity contribution in [2.24, 2.45) is 0 Å². The third-order valence-corrected chi connectivity index (χ3v) is 11.4. The minimum absolute atomic E-state index is 0.0346. The molecular weight excluding hydrogens is 798 g/mol. The smallest absolute Gasteiger partial charge is 0.206 e. The predicted molar refractivity (Wildman–Crippen MR) is 219 cm³/mol. The van der Waals surface area contributed by atoms with Gasteiger partial charge in [-0.2, -0.15) is 0 Å². The van der Waals surface area contributed by atoms with E-state index in [2.05, 4.69) is 0 Å². The summed E-state index contributed by atoms with van der Waals surface area (Å²) in [5.41, 5.74) is -0.103. The zero-order valence-corrected chi connectivity index (χ0v) is 30.9. The van der Waals surface area contributed by atoms with Gasteiger partial charge in [0.15, 0.2) is 46.0 Å². The topological polar surface area (TPSA) is 318 Å². The lowest BCUT2D eigenvalue weighted by atomic mass is 10.0. The van der Waals surface area contributed by atoms with Gasteiger partial charge in [-0.05, 0) is 55.5 Å². The Morgan fingerprint density at radius 2 is 0.623 bits per heavy atom. The van der Waals surface area contributed by atoms with Crippen LogP contribution in [0.5, 0.6) is 86.2 Å². The molecule has 0 aliphatic rings. The molecule has 0 saturated heterocycles. The van der Waals surface area contributed by atoms with Gasteiger partial charge in [0.05, 0.1) is 32.6 Å². The van der Waals surface area contributed by atoms with Crippen LogP contribution in [0.4, 0.5) is 0 Å². The third kappa shape index (κ3) is 4.27. The molecular formula is C43H29N3O15. The molecule has 15 N–H and O–H groups in total. The predicted octanol–water partition coefficient (Wildman–Crippen LogP) is 6.87. The van der Waals surface area contributed by atoms with Crippen molar-refractivity contribution in [3.63, 3.8) is 0 Å². The van der Waals surface area contributed by atoms with Crippen molar-refractivity contribution in [2.75, 3.05) is 0 Å². The van der Waals surface area contributed by atoms with Crippen molar-refractivity contribution in [1.29, 1.82) is 0 Å². The molecule has 10 rings (SSSR count). The number of rotatable bonds is 3. The van der Waals surface area contributed by atoms with Crippen LogP contribution in [-0.2, 0) is 0 Å². The molecule has 10 aromatic rings. The Balaban J connectivity index is 1.38. The van der Waals surface area contributed by atoms with Crippen LogP contribution in [-0.4, -0.2) is 90.3 Å². The Morgan fingerprint density at radius 3 is 1.00 bits per heavy atom. The van der Waals surface area contributed by atoms with Crippen molar-refractivity contribution in [3.8, 4) is 103 Å². The van der Waals surface area contributed by atoms with Gasteiger partial charge in [0, 0.05) is 33.4 Å². The summed E-state index contributed by atoms with van der Waals surface area (Å²) in [4.78, 5) is 0. The molecule has 0 aliphatic carbocycles. The van der Waals surface area contributed by atoms with E-state index >= 15 is 0 Å². The SMILES string of the molecule is Cc1c(O)c(O)c2c(c1O)c1c(O)c(O)c(O)c(O)c1n2-c1ccc2c(c1)c1cc(-n3c4c(O)c(O)c(O)c(O)c4c4c(O)c(O)c(O)c(O)c43)ccc1n2-c1ccccc1. The number of fused-ring (bicyclic) bond motifs is 9. The van der Waals surface area contributed by atoms with Crippen molar-refractivity contribution in [2.45, 2.75) is 6.92 Å². The molecule has 0 unspecified atom stereocenters. The summed E-state index contributed by atoms with van der Waals surface area (Å²) in [5, 5.41) is 163. The van der Waals surface area contributed by atoms with Crippen molar-refractivity contribution in [3.05, 3.63) is 72.3 Å². The number of phenols is 15. The number of aromatic nitrogens is 3. The van der Waals surface area contributed by atoms with E-state index in [0.717, 1.165) is 9.13 Å². The number of hydrogen-bond acceptors (Lipinski definition) is 15. The largest absolute Gasteiger partial charge is 0.507 e. The summed E-state index contributed by atoms with van der Waals surface area (Å²) < 4.78 is 4.04. The molecule has 0 amide bonds. The van der Waals surface area contributed by atoms with Crippen LogP contribution in [0.3, 0.4) is 0 Å². The maximum atomic E-state index is 11.4. The zero-order valence-electron chi connectivity index (χ0n) is 30.9. The molecule has 0 aliphatic heterocycles. The van der Waals surface area contributed by atoms with Crippen LogP contribution in [0.2, 0.25) is 0 Å². The van der Waals surface area contributed by atoms with Crippen LogP contribution < -0.4 is 0 Å². The molecule has 18 heteroatoms. The number of benzene rings is 7. The van der Waals surface area contributed by atoms with E-state index < -0.39 is 119 Å². The van der Waals surface area contributed by atoms with Crippen molar-refractivity contribution >= 4 is 65.4 Å². The maximum Gasteiger partial charge on any atom is 0.206 e. The summed E-state index contributed by atoms with van der Waals surface area (Å²) in [6.07, 6.45) is 0. The van der Waals surface area contributed by atoms with Crippen LogP contribution in [0.15, 0.2) is 66.7 Å². The van der Waals surface area contributed by atoms with E-state index in [9.17, 15) is 76.6 Å². The van der Waals surface area contributed by atoms with Gasteiger partial charge in [0.25, 0.3) is 0 Å². The van der Waals surface area contributed by atoms with Gasteiger partial charge < -0.3 is 90.3 Å². The molecule has 0 atom stereocenters. The monoisotopic (exact) mass is 827 g/mol. The van der Waals surface area contributed by atoms with E-state index in [-0.39, 0.29) is 27.8 Å². The lowest BCUT2D eigenvalue weighted by molar-refractivity contribution is 0.350. The summed E-state index contributed by atoms with van der Waals surface area (Å²) in [6, 6.07) is 18.4. The van der Waals surface area contributed by atoms with Gasteiger partial charge in [0.2, 0.25) is 34.5 Å². The van der Waals surface area contributed by atoms with Crippen LogP contribution >= 0.6 is 0 Å². The van der Waals surface area contributed by atoms with Gasteiger partial charge in [-0.15, -0.1) is 0 Å². The minimum Gasteiger partial charge on any atom is -0.507 e. The lowest BCUT2D eigenvalue weighted by Crippen LogP contribution is -1.97. The molecule has 0 bridgehead atoms. The Morgan fingerprint density at radius 1 is 0.295 bits per heavy atom. The summed E-state index contributed by atoms with van der Waals surface area (Å²) in [5.74, 6) is -15.3. The average molecular weight is 828 g/mol. The molecule has 61 heavy (non-hydrogen) atoms. The first-order valence-electron chi connectivity index (χ1n) is 18.0. The second-order valence-corrected chi connectivity index (χ2v) is 14.5. The second kappa shape index (κ2) is 11.8. The van der Waals surface area contributed by atoms with Crippen molar-refractivity contribution < 1.29 is 76.6 Å². The van der Waals surface area contributed by atoms with Gasteiger partial charge in [-0.1, -0.05) is 18.2 Å². The standard InChI is InChI=1S/C43H29N3O15/c1-13-29(47)21-22-26(35(53)41(59)38(56)31(22)49)45(25(21)34(52)30(13)48)15-7-9-19-17(11-15)18-12-16(8-10-20(18)44(19)14-5-3-2-4-6-14)46-27-23(32(50)39(57)42(60)36(27)54)24-28(46)37(55)43(61)40(58)33(24)51/h2-12,47-61H,1H3. The van der Waals surface area contributed by atoms with Crippen LogP contribution in [0.1, 0.15) is 5.56 Å². The van der Waals surface area contributed by atoms with E-state index in [1.54, 1.807) is 36.4 Å². The first-order chi connectivity index (χ1) is 29.0. The Labute approximate surface area is 337 Å². The molecule has 18 nitrogen and oxygen atoms in total. The van der Waals surface area contributed by atoms with Crippen LogP contribution in [0.25, 0.3) is 82.5 Å². The number of para-hydroxylation sites is 1. The fourth-order valence-electron chi connectivity index (χ4n) is 8.57. The van der Waals surface area contributed by atoms with E-state index in [1.807, 2.05) is 16.7 Å². The summed E-state index contributed by atoms with van der Waals surface area (Å²) >= 11 is 0.